The van der Waals surface area contributed by atoms with E-state index in [1.165, 1.54) is 6.42 Å². The van der Waals surface area contributed by atoms with E-state index in [1.54, 1.807) is 0 Å². The van der Waals surface area contributed by atoms with Crippen LogP contribution in [0.25, 0.3) is 0 Å². The zero-order valence-electron chi connectivity index (χ0n) is 21.5. The molecular formula is C24H43N7O4. The van der Waals surface area contributed by atoms with Gasteiger partial charge in [0.2, 0.25) is 17.8 Å². The van der Waals surface area contributed by atoms with Crippen LogP contribution in [0.15, 0.2) is 0 Å². The molecule has 0 atom stereocenters. The highest BCUT2D eigenvalue weighted by Gasteiger charge is 2.28. The molecule has 4 rings (SSSR count). The number of nitrogens with two attached hydrogens (primary N) is 1. The van der Waals surface area contributed by atoms with E-state index >= 15 is 0 Å². The fourth-order valence-corrected chi connectivity index (χ4v) is 4.40. The molecule has 4 heterocycles. The average Bonchev–Trinajstić information content (AvgIpc) is 2.86. The van der Waals surface area contributed by atoms with Crippen molar-refractivity contribution >= 4 is 30.3 Å². The third-order valence-electron chi connectivity index (χ3n) is 6.62. The van der Waals surface area contributed by atoms with E-state index in [0.29, 0.717) is 31.9 Å². The first-order chi connectivity index (χ1) is 16.8. The molecule has 0 unspecified atom stereocenters. The van der Waals surface area contributed by atoms with Crippen molar-refractivity contribution in [1.29, 1.82) is 0 Å². The van der Waals surface area contributed by atoms with E-state index in [1.807, 2.05) is 0 Å². The summed E-state index contributed by atoms with van der Waals surface area (Å²) < 4.78 is 0. The Balaban J connectivity index is 0.000000655. The Morgan fingerprint density at radius 3 is 1.51 bits per heavy atom. The molecule has 3 fully saturated rings. The second kappa shape index (κ2) is 14.7. The highest BCUT2D eigenvalue weighted by Crippen LogP contribution is 2.27. The van der Waals surface area contributed by atoms with Gasteiger partial charge in [-0.1, -0.05) is 27.2 Å². The van der Waals surface area contributed by atoms with Crippen molar-refractivity contribution in [3.05, 3.63) is 0 Å². The molecule has 1 aromatic heterocycles. The second-order valence-electron chi connectivity index (χ2n) is 9.64. The van der Waals surface area contributed by atoms with Gasteiger partial charge in [0.05, 0.1) is 5.92 Å². The number of aliphatic carboxylic acids is 1. The summed E-state index contributed by atoms with van der Waals surface area (Å²) >= 11 is 0. The van der Waals surface area contributed by atoms with Crippen LogP contribution >= 0.6 is 0 Å². The molecule has 0 radical (unpaired) electrons. The molecule has 3 saturated heterocycles. The molecular weight excluding hydrogens is 450 g/mol. The molecule has 3 aliphatic rings. The molecule has 35 heavy (non-hydrogen) atoms. The van der Waals surface area contributed by atoms with Crippen molar-refractivity contribution in [2.24, 2.45) is 17.6 Å². The molecule has 0 aliphatic carbocycles. The van der Waals surface area contributed by atoms with Gasteiger partial charge in [-0.25, -0.2) is 0 Å². The number of anilines is 3. The van der Waals surface area contributed by atoms with Crippen molar-refractivity contribution in [2.45, 2.75) is 71.8 Å². The van der Waals surface area contributed by atoms with Gasteiger partial charge in [0, 0.05) is 45.3 Å². The summed E-state index contributed by atoms with van der Waals surface area (Å²) in [4.78, 5) is 40.7. The molecule has 3 aliphatic heterocycles. The lowest BCUT2D eigenvalue weighted by Gasteiger charge is -2.35. The van der Waals surface area contributed by atoms with E-state index in [4.69, 9.17) is 30.6 Å². The van der Waals surface area contributed by atoms with Gasteiger partial charge in [0.15, 0.2) is 0 Å². The summed E-state index contributed by atoms with van der Waals surface area (Å²) in [6.45, 7) is 11.3. The maximum absolute atomic E-state index is 11.3. The van der Waals surface area contributed by atoms with Crippen LogP contribution in [-0.2, 0) is 9.59 Å². The Bertz CT molecular complexity index is 733. The highest BCUT2D eigenvalue weighted by molar-refractivity contribution is 5.70. The molecule has 0 saturated carbocycles. The largest absolute Gasteiger partial charge is 0.483 e. The molecule has 4 N–H and O–H groups in total. The molecule has 11 nitrogen and oxygen atoms in total. The third kappa shape index (κ3) is 8.79. The van der Waals surface area contributed by atoms with E-state index in [0.717, 1.165) is 69.7 Å². The lowest BCUT2D eigenvalue weighted by Crippen LogP contribution is -2.42. The zero-order chi connectivity index (χ0) is 25.8. The van der Waals surface area contributed by atoms with Gasteiger partial charge < -0.3 is 30.6 Å². The summed E-state index contributed by atoms with van der Waals surface area (Å²) in [6.07, 6.45) is 6.71. The van der Waals surface area contributed by atoms with Crippen molar-refractivity contribution in [3.8, 4) is 0 Å². The fraction of sp³-hybridized carbons (Fsp3) is 0.792. The summed E-state index contributed by atoms with van der Waals surface area (Å²) in [6, 6.07) is 0.255. The number of hydrogen-bond donors (Lipinski definition) is 3. The predicted molar refractivity (Wildman–Crippen MR) is 137 cm³/mol. The summed E-state index contributed by atoms with van der Waals surface area (Å²) in [7, 11) is 0. The Morgan fingerprint density at radius 2 is 1.17 bits per heavy atom. The maximum atomic E-state index is 11.3. The molecule has 0 aromatic carbocycles. The molecule has 0 bridgehead atoms. The number of carboxylic acids is 1. The van der Waals surface area contributed by atoms with Crippen LogP contribution in [0, 0.1) is 11.8 Å². The minimum Gasteiger partial charge on any atom is -0.483 e. The van der Waals surface area contributed by atoms with Crippen molar-refractivity contribution in [3.63, 3.8) is 0 Å². The van der Waals surface area contributed by atoms with Crippen LogP contribution in [0.4, 0.5) is 17.8 Å². The number of nitrogens with zero attached hydrogens (tertiary/aromatic N) is 6. The summed E-state index contributed by atoms with van der Waals surface area (Å²) in [5, 5.41) is 16.2. The second-order valence-corrected chi connectivity index (χ2v) is 9.64. The van der Waals surface area contributed by atoms with Gasteiger partial charge in [-0.3, -0.25) is 9.59 Å². The quantitative estimate of drug-likeness (QED) is 0.531. The highest BCUT2D eigenvalue weighted by atomic mass is 16.4. The summed E-state index contributed by atoms with van der Waals surface area (Å²) in [5.41, 5.74) is 6.07. The minimum atomic E-state index is -0.700. The molecule has 0 amide bonds. The average molecular weight is 494 g/mol. The smallest absolute Gasteiger partial charge is 0.306 e. The topological polar surface area (TPSA) is 149 Å². The van der Waals surface area contributed by atoms with E-state index in [-0.39, 0.29) is 18.4 Å². The molecule has 0 spiro atoms. The monoisotopic (exact) mass is 493 g/mol. The number of carboxylic acid groups (broad SMARTS) is 2. The number of rotatable bonds is 4. The zero-order valence-corrected chi connectivity index (χ0v) is 21.5. The van der Waals surface area contributed by atoms with Crippen LogP contribution in [0.2, 0.25) is 0 Å². The van der Waals surface area contributed by atoms with Gasteiger partial charge in [-0.05, 0) is 44.4 Å². The normalized spacial score (nSPS) is 19.8. The first-order valence-electron chi connectivity index (χ1n) is 12.9. The van der Waals surface area contributed by atoms with E-state index in [9.17, 15) is 9.90 Å². The first kappa shape index (κ1) is 28.5. The van der Waals surface area contributed by atoms with Gasteiger partial charge in [-0.15, -0.1) is 0 Å². The van der Waals surface area contributed by atoms with Crippen molar-refractivity contribution in [1.82, 2.24) is 15.0 Å². The maximum Gasteiger partial charge on any atom is 0.306 e. The number of carbonyl (C=O) groups is 2. The predicted octanol–water partition coefficient (Wildman–Crippen LogP) is 2.45. The lowest BCUT2D eigenvalue weighted by atomic mass is 9.97. The van der Waals surface area contributed by atoms with Crippen LogP contribution in [0.5, 0.6) is 0 Å². The van der Waals surface area contributed by atoms with Gasteiger partial charge in [0.25, 0.3) is 6.47 Å². The third-order valence-corrected chi connectivity index (χ3v) is 6.62. The van der Waals surface area contributed by atoms with E-state index < -0.39 is 5.97 Å². The Hall–Kier alpha value is -2.69. The Kier molecular flexibility index (Phi) is 11.9. The number of aromatic nitrogens is 3. The molecule has 198 valence electrons. The van der Waals surface area contributed by atoms with Crippen LogP contribution in [0.3, 0.4) is 0 Å². The van der Waals surface area contributed by atoms with Crippen molar-refractivity contribution < 1.29 is 19.8 Å². The van der Waals surface area contributed by atoms with Crippen LogP contribution in [-0.4, -0.2) is 82.9 Å². The van der Waals surface area contributed by atoms with Crippen LogP contribution in [0.1, 0.15) is 65.7 Å². The minimum absolute atomic E-state index is 0.250. The fourth-order valence-electron chi connectivity index (χ4n) is 4.40. The van der Waals surface area contributed by atoms with E-state index in [2.05, 4.69) is 35.5 Å². The molecule has 11 heteroatoms. The van der Waals surface area contributed by atoms with Gasteiger partial charge >= 0.3 is 5.97 Å². The van der Waals surface area contributed by atoms with Crippen LogP contribution < -0.4 is 20.4 Å². The number of piperidine rings is 3. The van der Waals surface area contributed by atoms with Gasteiger partial charge in [0.1, 0.15) is 0 Å². The number of hydrogen-bond acceptors (Lipinski definition) is 9. The molecule has 1 aromatic rings. The SMILES string of the molecule is CC1CCN(c2nc(N3CCC(N)CC3)nc(N3CCC(C(=O)O)CC3)n2)CC1.CCC.O=CO. The van der Waals surface area contributed by atoms with Gasteiger partial charge in [-0.2, -0.15) is 15.0 Å². The Labute approximate surface area is 208 Å². The lowest BCUT2D eigenvalue weighted by molar-refractivity contribution is -0.142. The Morgan fingerprint density at radius 1 is 0.857 bits per heavy atom. The summed E-state index contributed by atoms with van der Waals surface area (Å²) in [5.74, 6) is 1.95. The van der Waals surface area contributed by atoms with Crippen molar-refractivity contribution in [2.75, 3.05) is 54.0 Å². The standard InChI is InChI=1S/C20H33N7O2.C3H8.CH2O2/c1-14-2-8-25(9-3-14)18-22-19(26-10-4-15(5-11-26)17(28)29)24-20(23-18)27-12-6-16(21)7-13-27;1-3-2;2-1-3/h14-16H,2-13,21H2,1H3,(H,28,29);3H2,1-2H3;1H,(H,2,3). The first-order valence-corrected chi connectivity index (χ1v) is 12.9.